The van der Waals surface area contributed by atoms with Gasteiger partial charge in [-0.15, -0.1) is 0 Å². The first-order valence-corrected chi connectivity index (χ1v) is 5.33. The van der Waals surface area contributed by atoms with Gasteiger partial charge in [0.25, 0.3) is 0 Å². The smallest absolute Gasteiger partial charge is 0.0519 e. The minimum atomic E-state index is 0.850. The van der Waals surface area contributed by atoms with Crippen LogP contribution in [0.2, 0.25) is 0 Å². The average molecular weight is 228 g/mol. The number of hydrogen-bond donors (Lipinski definition) is 1. The number of hydrogen-bond acceptors (Lipinski definition) is 1. The zero-order valence-electron chi connectivity index (χ0n) is 7.31. The van der Waals surface area contributed by atoms with Gasteiger partial charge < -0.3 is 5.32 Å². The van der Waals surface area contributed by atoms with Gasteiger partial charge in [-0.3, -0.25) is 0 Å². The highest BCUT2D eigenvalue weighted by atomic mass is 79.9. The molecule has 0 saturated heterocycles. The third kappa shape index (κ3) is 2.95. The number of aryl methyl sites for hydroxylation is 1. The molecule has 0 heterocycles. The molecule has 1 N–H and O–H groups in total. The Kier molecular flexibility index (Phi) is 4.33. The summed E-state index contributed by atoms with van der Waals surface area (Å²) < 4.78 is 0. The molecule has 0 saturated carbocycles. The van der Waals surface area contributed by atoms with Crippen LogP contribution < -0.4 is 5.32 Å². The van der Waals surface area contributed by atoms with Gasteiger partial charge in [-0.25, -0.2) is 0 Å². The Balaban J connectivity index is 2.53. The van der Waals surface area contributed by atoms with Crippen LogP contribution in [0, 0.1) is 0 Å². The van der Waals surface area contributed by atoms with Crippen LogP contribution in [0.1, 0.15) is 18.1 Å². The maximum absolute atomic E-state index is 3.32. The Labute approximate surface area is 82.3 Å². The predicted octanol–water partition coefficient (Wildman–Crippen LogP) is 2.69. The lowest BCUT2D eigenvalue weighted by Gasteiger charge is -2.02. The van der Waals surface area contributed by atoms with Crippen molar-refractivity contribution < 1.29 is 0 Å². The SMILES string of the molecule is CCc1ccc(CNCBr)cc1. The third-order valence-corrected chi connectivity index (χ3v) is 2.25. The number of nitrogens with one attached hydrogen (secondary N) is 1. The molecule has 0 radical (unpaired) electrons. The lowest BCUT2D eigenvalue weighted by Crippen LogP contribution is -2.09. The van der Waals surface area contributed by atoms with Crippen LogP contribution in [0.5, 0.6) is 0 Å². The van der Waals surface area contributed by atoms with Crippen LogP contribution in [0.4, 0.5) is 0 Å². The van der Waals surface area contributed by atoms with Crippen molar-refractivity contribution in [1.82, 2.24) is 5.32 Å². The van der Waals surface area contributed by atoms with Crippen molar-refractivity contribution in [3.05, 3.63) is 35.4 Å². The molecule has 0 amide bonds. The third-order valence-electron chi connectivity index (χ3n) is 1.85. The molecule has 1 aromatic carbocycles. The van der Waals surface area contributed by atoms with Crippen molar-refractivity contribution in [1.29, 1.82) is 0 Å². The molecule has 2 heteroatoms. The van der Waals surface area contributed by atoms with Crippen molar-refractivity contribution in [3.8, 4) is 0 Å². The van der Waals surface area contributed by atoms with Crippen LogP contribution in [0.3, 0.4) is 0 Å². The van der Waals surface area contributed by atoms with E-state index in [9.17, 15) is 0 Å². The zero-order chi connectivity index (χ0) is 8.81. The second kappa shape index (κ2) is 5.33. The Morgan fingerprint density at radius 1 is 1.17 bits per heavy atom. The second-order valence-corrected chi connectivity index (χ2v) is 3.29. The lowest BCUT2D eigenvalue weighted by atomic mass is 10.1. The first-order chi connectivity index (χ1) is 5.86. The summed E-state index contributed by atoms with van der Waals surface area (Å²) in [5.41, 5.74) is 3.59. The number of alkyl halides is 1. The first-order valence-electron chi connectivity index (χ1n) is 4.21. The average Bonchev–Trinajstić information content (AvgIpc) is 2.15. The fourth-order valence-corrected chi connectivity index (χ4v) is 1.28. The molecule has 0 aromatic heterocycles. The van der Waals surface area contributed by atoms with Crippen LogP contribution in [0.25, 0.3) is 0 Å². The Morgan fingerprint density at radius 2 is 1.75 bits per heavy atom. The number of rotatable bonds is 4. The van der Waals surface area contributed by atoms with Crippen molar-refractivity contribution >= 4 is 15.9 Å². The van der Waals surface area contributed by atoms with Crippen molar-refractivity contribution in [3.63, 3.8) is 0 Å². The second-order valence-electron chi connectivity index (χ2n) is 2.73. The van der Waals surface area contributed by atoms with Crippen LogP contribution in [0.15, 0.2) is 24.3 Å². The van der Waals surface area contributed by atoms with Gasteiger partial charge >= 0.3 is 0 Å². The first kappa shape index (κ1) is 9.75. The molecule has 0 fully saturated rings. The summed E-state index contributed by atoms with van der Waals surface area (Å²) in [4.78, 5) is 0. The Hall–Kier alpha value is -0.340. The van der Waals surface area contributed by atoms with E-state index in [0.717, 1.165) is 18.4 Å². The summed E-state index contributed by atoms with van der Waals surface area (Å²) in [5.74, 6) is 0. The molecule has 1 nitrogen and oxygen atoms in total. The maximum atomic E-state index is 3.32. The molecule has 0 spiro atoms. The van der Waals surface area contributed by atoms with E-state index in [4.69, 9.17) is 0 Å². The Bertz CT molecular complexity index is 218. The molecule has 0 bridgehead atoms. The minimum Gasteiger partial charge on any atom is -0.303 e. The molecule has 12 heavy (non-hydrogen) atoms. The van der Waals surface area contributed by atoms with Gasteiger partial charge in [-0.1, -0.05) is 47.1 Å². The molecule has 1 aromatic rings. The highest BCUT2D eigenvalue weighted by Gasteiger charge is 1.91. The predicted molar refractivity (Wildman–Crippen MR) is 56.5 cm³/mol. The Morgan fingerprint density at radius 3 is 2.25 bits per heavy atom. The van der Waals surface area contributed by atoms with Gasteiger partial charge in [0.1, 0.15) is 0 Å². The van der Waals surface area contributed by atoms with E-state index in [2.05, 4.69) is 52.4 Å². The topological polar surface area (TPSA) is 12.0 Å². The largest absolute Gasteiger partial charge is 0.303 e. The number of halogens is 1. The highest BCUT2D eigenvalue weighted by molar-refractivity contribution is 9.09. The maximum Gasteiger partial charge on any atom is 0.0519 e. The quantitative estimate of drug-likeness (QED) is 0.617. The van der Waals surface area contributed by atoms with Crippen LogP contribution >= 0.6 is 15.9 Å². The summed E-state index contributed by atoms with van der Waals surface area (Å²) in [6, 6.07) is 8.72. The van der Waals surface area contributed by atoms with E-state index < -0.39 is 0 Å². The summed E-state index contributed by atoms with van der Waals surface area (Å²) >= 11 is 3.32. The fraction of sp³-hybridized carbons (Fsp3) is 0.400. The van der Waals surface area contributed by atoms with Gasteiger partial charge in [0.2, 0.25) is 0 Å². The van der Waals surface area contributed by atoms with Gasteiger partial charge in [0.05, 0.1) is 5.45 Å². The summed E-state index contributed by atoms with van der Waals surface area (Å²) in [7, 11) is 0. The van der Waals surface area contributed by atoms with E-state index in [-0.39, 0.29) is 0 Å². The zero-order valence-corrected chi connectivity index (χ0v) is 8.89. The summed E-state index contributed by atoms with van der Waals surface area (Å²) in [6.45, 7) is 3.11. The molecule has 0 aliphatic carbocycles. The van der Waals surface area contributed by atoms with Crippen molar-refractivity contribution in [2.75, 3.05) is 5.45 Å². The van der Waals surface area contributed by atoms with Crippen molar-refractivity contribution in [2.24, 2.45) is 0 Å². The molecule has 66 valence electrons. The van der Waals surface area contributed by atoms with Gasteiger partial charge in [0.15, 0.2) is 0 Å². The fourth-order valence-electron chi connectivity index (χ4n) is 1.08. The van der Waals surface area contributed by atoms with Crippen molar-refractivity contribution in [2.45, 2.75) is 19.9 Å². The van der Waals surface area contributed by atoms with Gasteiger partial charge in [-0.05, 0) is 17.5 Å². The van der Waals surface area contributed by atoms with E-state index in [1.165, 1.54) is 11.1 Å². The summed E-state index contributed by atoms with van der Waals surface area (Å²) in [6.07, 6.45) is 1.12. The van der Waals surface area contributed by atoms with Crippen LogP contribution in [-0.2, 0) is 13.0 Å². The van der Waals surface area contributed by atoms with E-state index in [1.54, 1.807) is 0 Å². The molecule has 1 rings (SSSR count). The van der Waals surface area contributed by atoms with E-state index in [0.29, 0.717) is 0 Å². The number of benzene rings is 1. The molecule has 0 aliphatic rings. The summed E-state index contributed by atoms with van der Waals surface area (Å²) in [5, 5.41) is 3.22. The van der Waals surface area contributed by atoms with Gasteiger partial charge in [-0.2, -0.15) is 0 Å². The monoisotopic (exact) mass is 227 g/mol. The highest BCUT2D eigenvalue weighted by Crippen LogP contribution is 2.04. The van der Waals surface area contributed by atoms with E-state index in [1.807, 2.05) is 0 Å². The van der Waals surface area contributed by atoms with Crippen LogP contribution in [-0.4, -0.2) is 5.45 Å². The molecular formula is C10H14BrN. The molecular weight excluding hydrogens is 214 g/mol. The van der Waals surface area contributed by atoms with Gasteiger partial charge in [0, 0.05) is 6.54 Å². The van der Waals surface area contributed by atoms with E-state index >= 15 is 0 Å². The normalized spacial score (nSPS) is 10.2. The molecule has 0 atom stereocenters. The lowest BCUT2D eigenvalue weighted by molar-refractivity contribution is 0.801. The minimum absolute atomic E-state index is 0.850. The standard InChI is InChI=1S/C10H14BrN/c1-2-9-3-5-10(6-4-9)7-12-8-11/h3-6,12H,2,7-8H2,1H3. The molecule has 0 unspecified atom stereocenters. The molecule has 0 aliphatic heterocycles.